The number of hydrogen-bond acceptors (Lipinski definition) is 4. The molecule has 1 aliphatic heterocycles. The molecule has 5 aliphatic rings. The fourth-order valence-electron chi connectivity index (χ4n) is 13.7. The summed E-state index contributed by atoms with van der Waals surface area (Å²) < 4.78 is 20.0. The minimum Gasteiger partial charge on any atom is -0.390 e. The maximum atomic E-state index is 13.6. The van der Waals surface area contributed by atoms with Gasteiger partial charge >= 0.3 is 7.60 Å². The molecule has 6 nitrogen and oxygen atoms in total. The van der Waals surface area contributed by atoms with Crippen LogP contribution in [0.2, 0.25) is 0 Å². The van der Waals surface area contributed by atoms with Crippen LogP contribution in [0.25, 0.3) is 0 Å². The summed E-state index contributed by atoms with van der Waals surface area (Å²) in [6.07, 6.45) is 27.4. The SMILES string of the molecule is CCCCCCCCCCCCCCCCC(O)[C@H]1OC(C2(P(=O)(O)O)CC[C@@]3(C)C(CCC4C3CC[C@@]3(C)C4CC[C@@H]3[C@H](C)CCC)C2)C[C@@H]1O. The fourth-order valence-corrected chi connectivity index (χ4v) is 15.1. The van der Waals surface area contributed by atoms with Crippen LogP contribution in [0.1, 0.15) is 208 Å². The van der Waals surface area contributed by atoms with Gasteiger partial charge in [0.25, 0.3) is 0 Å². The van der Waals surface area contributed by atoms with E-state index in [1.165, 1.54) is 122 Å². The number of unbranched alkanes of at least 4 members (excludes halogenated alkanes) is 13. The van der Waals surface area contributed by atoms with E-state index in [1.54, 1.807) is 0 Å². The topological polar surface area (TPSA) is 107 Å². The molecule has 1 heterocycles. The molecule has 4 aliphatic carbocycles. The third-order valence-corrected chi connectivity index (χ3v) is 18.7. The Labute approximate surface area is 320 Å². The molecule has 0 aromatic carbocycles. The second-order valence-corrected chi connectivity index (χ2v) is 21.8. The Balaban J connectivity index is 1.09. The van der Waals surface area contributed by atoms with Crippen molar-refractivity contribution in [3.8, 4) is 0 Å². The summed E-state index contributed by atoms with van der Waals surface area (Å²) in [5.41, 5.74) is 0.541. The van der Waals surface area contributed by atoms with Gasteiger partial charge in [-0.2, -0.15) is 0 Å². The van der Waals surface area contributed by atoms with Crippen molar-refractivity contribution in [2.45, 2.75) is 238 Å². The van der Waals surface area contributed by atoms with Gasteiger partial charge < -0.3 is 24.7 Å². The lowest BCUT2D eigenvalue weighted by molar-refractivity contribution is -0.133. The van der Waals surface area contributed by atoms with Crippen molar-refractivity contribution in [3.05, 3.63) is 0 Å². The lowest BCUT2D eigenvalue weighted by Gasteiger charge is -2.63. The largest absolute Gasteiger partial charge is 0.390 e. The van der Waals surface area contributed by atoms with Crippen molar-refractivity contribution in [2.24, 2.45) is 46.3 Å². The van der Waals surface area contributed by atoms with Gasteiger partial charge in [0.2, 0.25) is 0 Å². The Morgan fingerprint density at radius 2 is 1.31 bits per heavy atom. The maximum absolute atomic E-state index is 13.6. The van der Waals surface area contributed by atoms with Gasteiger partial charge in [0.1, 0.15) is 6.10 Å². The van der Waals surface area contributed by atoms with E-state index in [9.17, 15) is 24.6 Å². The zero-order valence-corrected chi connectivity index (χ0v) is 35.3. The fraction of sp³-hybridized carbons (Fsp3) is 1.00. The second-order valence-electron chi connectivity index (χ2n) is 19.8. The zero-order chi connectivity index (χ0) is 37.6. The van der Waals surface area contributed by atoms with Crippen LogP contribution in [0, 0.1) is 46.3 Å². The zero-order valence-electron chi connectivity index (χ0n) is 34.4. The van der Waals surface area contributed by atoms with Crippen LogP contribution in [0.4, 0.5) is 0 Å². The van der Waals surface area contributed by atoms with Crippen molar-refractivity contribution in [1.82, 2.24) is 0 Å². The van der Waals surface area contributed by atoms with Gasteiger partial charge in [-0.3, -0.25) is 4.57 Å². The van der Waals surface area contributed by atoms with Gasteiger partial charge in [0.05, 0.1) is 23.5 Å². The standard InChI is InChI=1S/C45H83O6P/c1-6-8-9-10-11-12-13-14-15-16-17-18-19-20-22-39(46)42-40(47)31-41(51-42)45(52(48,49)50)30-29-43(4)34(32-45)23-24-35-37-26-25-36(33(3)21-7-2)44(37,5)28-27-38(35)43/h33-42,46-47H,6-32H2,1-5H3,(H2,48,49,50)/t33-,34?,35?,36-,37?,38?,39?,40+,41?,42-,43+,44-,45?/m1/s1. The molecule has 0 aromatic rings. The summed E-state index contributed by atoms with van der Waals surface area (Å²) in [7, 11) is -4.56. The highest BCUT2D eigenvalue weighted by molar-refractivity contribution is 7.53. The Hall–Kier alpha value is 0.0300. The van der Waals surface area contributed by atoms with Crippen LogP contribution in [0.3, 0.4) is 0 Å². The molecule has 4 N–H and O–H groups in total. The summed E-state index contributed by atoms with van der Waals surface area (Å²) >= 11 is 0. The van der Waals surface area contributed by atoms with E-state index in [1.807, 2.05) is 0 Å². The Bertz CT molecular complexity index is 1130. The van der Waals surface area contributed by atoms with Gasteiger partial charge in [0, 0.05) is 6.42 Å². The van der Waals surface area contributed by atoms with Crippen molar-refractivity contribution in [1.29, 1.82) is 0 Å². The third kappa shape index (κ3) is 9.25. The predicted octanol–water partition coefficient (Wildman–Crippen LogP) is 11.7. The molecule has 0 spiro atoms. The van der Waals surface area contributed by atoms with Crippen molar-refractivity contribution in [2.75, 3.05) is 0 Å². The average molecular weight is 751 g/mol. The summed E-state index contributed by atoms with van der Waals surface area (Å²) in [6.45, 7) is 12.2. The number of rotatable bonds is 21. The summed E-state index contributed by atoms with van der Waals surface area (Å²) in [6, 6.07) is 0. The minimum absolute atomic E-state index is 0.0973. The highest BCUT2D eigenvalue weighted by atomic mass is 31.2. The minimum atomic E-state index is -4.56. The molecule has 0 aromatic heterocycles. The smallest absolute Gasteiger partial charge is 0.334 e. The van der Waals surface area contributed by atoms with E-state index in [2.05, 4.69) is 34.6 Å². The third-order valence-electron chi connectivity index (χ3n) is 16.8. The van der Waals surface area contributed by atoms with Crippen LogP contribution in [0.5, 0.6) is 0 Å². The first-order valence-electron chi connectivity index (χ1n) is 22.9. The summed E-state index contributed by atoms with van der Waals surface area (Å²) in [5, 5.41) is 21.1. The Morgan fingerprint density at radius 3 is 1.90 bits per heavy atom. The van der Waals surface area contributed by atoms with Crippen LogP contribution < -0.4 is 0 Å². The first-order chi connectivity index (χ1) is 24.8. The summed E-state index contributed by atoms with van der Waals surface area (Å²) in [5.74, 6) is 4.05. The molecule has 1 saturated heterocycles. The second kappa shape index (κ2) is 19.0. The summed E-state index contributed by atoms with van der Waals surface area (Å²) in [4.78, 5) is 22.2. The number of aliphatic hydroxyl groups excluding tert-OH is 2. The number of fused-ring (bicyclic) bond motifs is 5. The molecule has 13 atom stereocenters. The first kappa shape index (κ1) is 43.2. The first-order valence-corrected chi connectivity index (χ1v) is 24.5. The van der Waals surface area contributed by atoms with E-state index >= 15 is 0 Å². The molecule has 5 rings (SSSR count). The quantitative estimate of drug-likeness (QED) is 0.0687. The molecular weight excluding hydrogens is 667 g/mol. The lowest BCUT2D eigenvalue weighted by Crippen LogP contribution is -2.58. The van der Waals surface area contributed by atoms with E-state index in [4.69, 9.17) is 4.74 Å². The molecule has 52 heavy (non-hydrogen) atoms. The van der Waals surface area contributed by atoms with Gasteiger partial charge in [0.15, 0.2) is 0 Å². The Morgan fingerprint density at radius 1 is 0.712 bits per heavy atom. The van der Waals surface area contributed by atoms with E-state index in [0.717, 1.165) is 49.4 Å². The number of hydrogen-bond donors (Lipinski definition) is 4. The molecule has 7 unspecified atom stereocenters. The molecule has 5 fully saturated rings. The van der Waals surface area contributed by atoms with Gasteiger partial charge in [-0.25, -0.2) is 0 Å². The van der Waals surface area contributed by atoms with E-state index < -0.39 is 37.2 Å². The number of ether oxygens (including phenoxy) is 1. The lowest BCUT2D eigenvalue weighted by atomic mass is 9.43. The van der Waals surface area contributed by atoms with Crippen LogP contribution >= 0.6 is 7.60 Å². The molecule has 0 bridgehead atoms. The highest BCUT2D eigenvalue weighted by Gasteiger charge is 2.66. The normalized spacial score (nSPS) is 40.2. The number of aliphatic hydroxyl groups is 2. The molecule has 7 heteroatoms. The maximum Gasteiger partial charge on any atom is 0.334 e. The van der Waals surface area contributed by atoms with Crippen LogP contribution in [-0.4, -0.2) is 49.6 Å². The molecule has 4 saturated carbocycles. The van der Waals surface area contributed by atoms with Crippen molar-refractivity contribution in [3.63, 3.8) is 0 Å². The monoisotopic (exact) mass is 751 g/mol. The van der Waals surface area contributed by atoms with Crippen LogP contribution in [-0.2, 0) is 9.30 Å². The van der Waals surface area contributed by atoms with Crippen molar-refractivity contribution < 1.29 is 29.3 Å². The molecule has 0 radical (unpaired) electrons. The highest BCUT2D eigenvalue weighted by Crippen LogP contribution is 2.72. The average Bonchev–Trinajstić information content (AvgIpc) is 3.67. The Kier molecular flexibility index (Phi) is 15.8. The van der Waals surface area contributed by atoms with Gasteiger partial charge in [-0.1, -0.05) is 137 Å². The van der Waals surface area contributed by atoms with E-state index in [-0.39, 0.29) is 17.8 Å². The molecule has 304 valence electrons. The van der Waals surface area contributed by atoms with Gasteiger partial charge in [-0.15, -0.1) is 0 Å². The molecule has 0 amide bonds. The molecular formula is C45H83O6P. The van der Waals surface area contributed by atoms with Crippen LogP contribution in [0.15, 0.2) is 0 Å². The van der Waals surface area contributed by atoms with E-state index in [0.29, 0.717) is 30.6 Å². The van der Waals surface area contributed by atoms with Gasteiger partial charge in [-0.05, 0) is 111 Å². The predicted molar refractivity (Wildman–Crippen MR) is 214 cm³/mol. The van der Waals surface area contributed by atoms with Crippen molar-refractivity contribution >= 4 is 7.60 Å².